The standard InChI is InChI=1S/C11H8N4O4S/c16-8-3-2-7(14-15-8)10(19)13-11-12-5-6(20-11)1-4-9(17)18/h1-5H,(H,15,16)(H,17,18)(H,12,13,19)/b4-1+. The second-order valence-electron chi connectivity index (χ2n) is 3.50. The van der Waals surface area contributed by atoms with Gasteiger partial charge in [-0.05, 0) is 12.1 Å². The lowest BCUT2D eigenvalue weighted by molar-refractivity contribution is -0.131. The van der Waals surface area contributed by atoms with Gasteiger partial charge in [-0.3, -0.25) is 14.9 Å². The van der Waals surface area contributed by atoms with Gasteiger partial charge in [0.1, 0.15) is 5.69 Å². The van der Waals surface area contributed by atoms with Crippen molar-refractivity contribution < 1.29 is 14.7 Å². The summed E-state index contributed by atoms with van der Waals surface area (Å²) in [5, 5.41) is 17.0. The average Bonchev–Trinajstić information content (AvgIpc) is 2.84. The number of nitrogens with zero attached hydrogens (tertiary/aromatic N) is 2. The third-order valence-electron chi connectivity index (χ3n) is 2.05. The first-order valence-corrected chi connectivity index (χ1v) is 6.10. The summed E-state index contributed by atoms with van der Waals surface area (Å²) in [5.74, 6) is -1.59. The van der Waals surface area contributed by atoms with Gasteiger partial charge in [-0.1, -0.05) is 11.3 Å². The Bertz CT molecular complexity index is 714. The van der Waals surface area contributed by atoms with Crippen molar-refractivity contribution in [2.75, 3.05) is 5.32 Å². The van der Waals surface area contributed by atoms with Gasteiger partial charge in [0.25, 0.3) is 11.5 Å². The van der Waals surface area contributed by atoms with E-state index in [9.17, 15) is 14.4 Å². The largest absolute Gasteiger partial charge is 0.478 e. The third kappa shape index (κ3) is 3.59. The lowest BCUT2D eigenvalue weighted by Gasteiger charge is -1.98. The second kappa shape index (κ2) is 5.89. The summed E-state index contributed by atoms with van der Waals surface area (Å²) in [4.78, 5) is 37.4. The minimum absolute atomic E-state index is 0.0439. The van der Waals surface area contributed by atoms with Gasteiger partial charge in [-0.2, -0.15) is 5.10 Å². The normalized spacial score (nSPS) is 10.6. The number of hydrogen-bond donors (Lipinski definition) is 3. The van der Waals surface area contributed by atoms with Crippen molar-refractivity contribution in [2.24, 2.45) is 0 Å². The van der Waals surface area contributed by atoms with E-state index < -0.39 is 17.4 Å². The summed E-state index contributed by atoms with van der Waals surface area (Å²) in [6.07, 6.45) is 3.77. The molecule has 0 aliphatic rings. The molecule has 9 heteroatoms. The van der Waals surface area contributed by atoms with E-state index in [1.165, 1.54) is 24.4 Å². The highest BCUT2D eigenvalue weighted by Gasteiger charge is 2.10. The van der Waals surface area contributed by atoms with E-state index in [0.29, 0.717) is 10.0 Å². The minimum atomic E-state index is -1.07. The van der Waals surface area contributed by atoms with Crippen molar-refractivity contribution in [3.8, 4) is 0 Å². The molecule has 8 nitrogen and oxygen atoms in total. The second-order valence-corrected chi connectivity index (χ2v) is 4.56. The van der Waals surface area contributed by atoms with E-state index in [1.54, 1.807) is 0 Å². The fourth-order valence-corrected chi connectivity index (χ4v) is 1.92. The maximum atomic E-state index is 11.8. The maximum absolute atomic E-state index is 11.8. The molecule has 0 spiro atoms. The number of thiazole rings is 1. The number of anilines is 1. The molecule has 0 unspecified atom stereocenters. The summed E-state index contributed by atoms with van der Waals surface area (Å²) in [6, 6.07) is 2.47. The van der Waals surface area contributed by atoms with Crippen molar-refractivity contribution in [1.82, 2.24) is 15.2 Å². The number of nitrogens with one attached hydrogen (secondary N) is 2. The molecular weight excluding hydrogens is 284 g/mol. The van der Waals surface area contributed by atoms with Gasteiger partial charge in [0.2, 0.25) is 0 Å². The van der Waals surface area contributed by atoms with Crippen molar-refractivity contribution in [3.63, 3.8) is 0 Å². The number of carbonyl (C=O) groups excluding carboxylic acids is 1. The Morgan fingerprint density at radius 3 is 2.85 bits per heavy atom. The van der Waals surface area contributed by atoms with Crippen molar-refractivity contribution in [2.45, 2.75) is 0 Å². The van der Waals surface area contributed by atoms with Crippen LogP contribution < -0.4 is 10.9 Å². The number of hydrogen-bond acceptors (Lipinski definition) is 6. The van der Waals surface area contributed by atoms with Crippen LogP contribution in [0.3, 0.4) is 0 Å². The summed E-state index contributed by atoms with van der Waals surface area (Å²) >= 11 is 1.11. The summed E-state index contributed by atoms with van der Waals surface area (Å²) in [7, 11) is 0. The van der Waals surface area contributed by atoms with Gasteiger partial charge in [0.15, 0.2) is 5.13 Å². The Hall–Kier alpha value is -2.81. The molecule has 102 valence electrons. The van der Waals surface area contributed by atoms with Crippen molar-refractivity contribution in [3.05, 3.63) is 45.3 Å². The predicted octanol–water partition coefficient (Wildman–Crippen LogP) is 0.577. The Kier molecular flexibility index (Phi) is 4.01. The number of carbonyl (C=O) groups is 2. The zero-order valence-corrected chi connectivity index (χ0v) is 10.7. The summed E-state index contributed by atoms with van der Waals surface area (Å²) in [6.45, 7) is 0. The first-order valence-electron chi connectivity index (χ1n) is 5.28. The topological polar surface area (TPSA) is 125 Å². The molecule has 2 aromatic heterocycles. The van der Waals surface area contributed by atoms with Gasteiger partial charge >= 0.3 is 5.97 Å². The van der Waals surface area contributed by atoms with Crippen molar-refractivity contribution in [1.29, 1.82) is 0 Å². The van der Waals surface area contributed by atoms with Crippen LogP contribution in [0.2, 0.25) is 0 Å². The molecule has 20 heavy (non-hydrogen) atoms. The number of carboxylic acids is 1. The number of aromatic amines is 1. The number of amides is 1. The fourth-order valence-electron chi connectivity index (χ4n) is 1.21. The van der Waals surface area contributed by atoms with E-state index in [1.807, 2.05) is 0 Å². The Labute approximate surface area is 115 Å². The van der Waals surface area contributed by atoms with Crippen molar-refractivity contribution >= 4 is 34.4 Å². The van der Waals surface area contributed by atoms with Crippen LogP contribution in [0.4, 0.5) is 5.13 Å². The van der Waals surface area contributed by atoms with E-state index in [0.717, 1.165) is 17.4 Å². The molecule has 0 fully saturated rings. The molecule has 0 aliphatic carbocycles. The highest BCUT2D eigenvalue weighted by atomic mass is 32.1. The summed E-state index contributed by atoms with van der Waals surface area (Å²) in [5.41, 5.74) is -0.362. The Morgan fingerprint density at radius 1 is 1.40 bits per heavy atom. The molecule has 0 saturated heterocycles. The molecule has 3 N–H and O–H groups in total. The molecule has 2 rings (SSSR count). The summed E-state index contributed by atoms with van der Waals surface area (Å²) < 4.78 is 0. The zero-order valence-electron chi connectivity index (χ0n) is 9.86. The molecule has 2 heterocycles. The highest BCUT2D eigenvalue weighted by molar-refractivity contribution is 7.16. The van der Waals surface area contributed by atoms with Crippen LogP contribution in [-0.2, 0) is 4.79 Å². The number of H-pyrrole nitrogens is 1. The number of aliphatic carboxylic acids is 1. The predicted molar refractivity (Wildman–Crippen MR) is 71.6 cm³/mol. The Balaban J connectivity index is 2.06. The first kappa shape index (κ1) is 13.6. The molecule has 1 amide bonds. The third-order valence-corrected chi connectivity index (χ3v) is 2.92. The van der Waals surface area contributed by atoms with Crippen LogP contribution >= 0.6 is 11.3 Å². The van der Waals surface area contributed by atoms with Crippen LogP contribution in [0.25, 0.3) is 6.08 Å². The molecule has 0 atom stereocenters. The molecule has 0 saturated carbocycles. The lowest BCUT2D eigenvalue weighted by atomic mass is 10.4. The van der Waals surface area contributed by atoms with Gasteiger partial charge in [-0.15, -0.1) is 0 Å². The van der Waals surface area contributed by atoms with E-state index in [2.05, 4.69) is 20.5 Å². The maximum Gasteiger partial charge on any atom is 0.328 e. The first-order chi connectivity index (χ1) is 9.54. The van der Waals surface area contributed by atoms with E-state index in [4.69, 9.17) is 5.11 Å². The van der Waals surface area contributed by atoms with Gasteiger partial charge in [0.05, 0.1) is 0 Å². The van der Waals surface area contributed by atoms with Crippen LogP contribution in [0.15, 0.2) is 29.2 Å². The SMILES string of the molecule is O=C(O)/C=C/c1cnc(NC(=O)c2ccc(=O)[nH]n2)s1. The Morgan fingerprint density at radius 2 is 2.20 bits per heavy atom. The fraction of sp³-hybridized carbons (Fsp3) is 0. The molecule has 0 aliphatic heterocycles. The van der Waals surface area contributed by atoms with Gasteiger partial charge in [0, 0.05) is 23.2 Å². The lowest BCUT2D eigenvalue weighted by Crippen LogP contribution is -2.17. The van der Waals surface area contributed by atoms with Gasteiger partial charge < -0.3 is 5.11 Å². The minimum Gasteiger partial charge on any atom is -0.478 e. The average molecular weight is 292 g/mol. The molecule has 2 aromatic rings. The van der Waals surface area contributed by atoms with Crippen LogP contribution in [-0.4, -0.2) is 32.2 Å². The van der Waals surface area contributed by atoms with E-state index in [-0.39, 0.29) is 5.69 Å². The molecule has 0 bridgehead atoms. The monoisotopic (exact) mass is 292 g/mol. The number of carboxylic acid groups (broad SMARTS) is 1. The van der Waals surface area contributed by atoms with Crippen LogP contribution in [0.5, 0.6) is 0 Å². The zero-order chi connectivity index (χ0) is 14.5. The van der Waals surface area contributed by atoms with Gasteiger partial charge in [-0.25, -0.2) is 14.9 Å². The number of rotatable bonds is 4. The van der Waals surface area contributed by atoms with Crippen LogP contribution in [0.1, 0.15) is 15.4 Å². The quantitative estimate of drug-likeness (QED) is 0.708. The van der Waals surface area contributed by atoms with E-state index >= 15 is 0 Å². The molecule has 0 aromatic carbocycles. The smallest absolute Gasteiger partial charge is 0.328 e. The van der Waals surface area contributed by atoms with Crippen LogP contribution in [0, 0.1) is 0 Å². The molecule has 0 radical (unpaired) electrons. The highest BCUT2D eigenvalue weighted by Crippen LogP contribution is 2.19. The molecular formula is C11H8N4O4S. The number of aromatic nitrogens is 3.